The summed E-state index contributed by atoms with van der Waals surface area (Å²) in [6.45, 7) is 16.5. The first-order chi connectivity index (χ1) is 15.8. The summed E-state index contributed by atoms with van der Waals surface area (Å²) >= 11 is 0. The third kappa shape index (κ3) is 4.59. The molecule has 2 N–H and O–H groups in total. The van der Waals surface area contributed by atoms with Crippen molar-refractivity contribution in [2.45, 2.75) is 79.9 Å². The SMILES string of the molecule is C[CH+]C(C)(O)C(=O)C1(C)C=CC=C2C(=C1)C(C)(C1=CC=CC(C)(C(=O)C(C)(C)O)C=C1)CC2(C)C. The molecule has 0 amide bonds. The summed E-state index contributed by atoms with van der Waals surface area (Å²) in [7, 11) is 0. The minimum Gasteiger partial charge on any atom is -0.383 e. The van der Waals surface area contributed by atoms with Crippen LogP contribution in [0.1, 0.15) is 68.7 Å². The van der Waals surface area contributed by atoms with Gasteiger partial charge >= 0.3 is 0 Å². The van der Waals surface area contributed by atoms with Gasteiger partial charge in [0.05, 0.1) is 17.8 Å². The van der Waals surface area contributed by atoms with Crippen molar-refractivity contribution in [1.82, 2.24) is 0 Å². The van der Waals surface area contributed by atoms with Gasteiger partial charge in [0.15, 0.2) is 5.78 Å². The van der Waals surface area contributed by atoms with Crippen LogP contribution in [0.5, 0.6) is 0 Å². The molecule has 4 nitrogen and oxygen atoms in total. The van der Waals surface area contributed by atoms with Crippen LogP contribution in [-0.4, -0.2) is 33.0 Å². The Hall–Kier alpha value is -2.43. The first kappa shape index (κ1) is 27.2. The molecule has 0 radical (unpaired) electrons. The Morgan fingerprint density at radius 2 is 1.43 bits per heavy atom. The van der Waals surface area contributed by atoms with Gasteiger partial charge in [0.25, 0.3) is 5.60 Å². The number of hydrogen-bond acceptors (Lipinski definition) is 4. The molecule has 0 bridgehead atoms. The summed E-state index contributed by atoms with van der Waals surface area (Å²) in [5.74, 6) is -0.537. The molecule has 4 atom stereocenters. The topological polar surface area (TPSA) is 74.6 Å². The average Bonchev–Trinajstić information content (AvgIpc) is 2.96. The molecule has 0 spiro atoms. The Morgan fingerprint density at radius 1 is 0.857 bits per heavy atom. The van der Waals surface area contributed by atoms with E-state index in [0.29, 0.717) is 0 Å². The minimum absolute atomic E-state index is 0.143. The number of allylic oxidation sites excluding steroid dienone is 12. The average molecular weight is 478 g/mol. The number of hydrogen-bond donors (Lipinski definition) is 2. The summed E-state index contributed by atoms with van der Waals surface area (Å²) in [6, 6.07) is 0. The van der Waals surface area contributed by atoms with Crippen LogP contribution in [0.3, 0.4) is 0 Å². The molecule has 0 aromatic rings. The highest BCUT2D eigenvalue weighted by atomic mass is 16.3. The van der Waals surface area contributed by atoms with Crippen LogP contribution < -0.4 is 0 Å². The number of aliphatic hydroxyl groups is 2. The number of carbonyl (C=O) groups is 2. The van der Waals surface area contributed by atoms with Crippen molar-refractivity contribution in [3.8, 4) is 0 Å². The number of carbonyl (C=O) groups excluding carboxylic acids is 2. The third-order valence-electron chi connectivity index (χ3n) is 8.08. The maximum atomic E-state index is 13.5. The normalized spacial score (nSPS) is 33.5. The van der Waals surface area contributed by atoms with Gasteiger partial charge in [0.2, 0.25) is 5.78 Å². The van der Waals surface area contributed by atoms with Crippen LogP contribution in [0.15, 0.2) is 71.4 Å². The van der Waals surface area contributed by atoms with Gasteiger partial charge in [-0.15, -0.1) is 0 Å². The number of Topliss-reactive ketones (excluding diaryl/α,β-unsaturated/α-hetero) is 2. The molecule has 35 heavy (non-hydrogen) atoms. The first-order valence-corrected chi connectivity index (χ1v) is 12.4. The van der Waals surface area contributed by atoms with Crippen LogP contribution in [-0.2, 0) is 9.59 Å². The molecule has 1 saturated carbocycles. The van der Waals surface area contributed by atoms with E-state index in [1.807, 2.05) is 62.5 Å². The summed E-state index contributed by atoms with van der Waals surface area (Å²) in [5.41, 5.74) is -2.20. The Morgan fingerprint density at radius 3 is 2.00 bits per heavy atom. The van der Waals surface area contributed by atoms with Crippen LogP contribution in [0.25, 0.3) is 0 Å². The van der Waals surface area contributed by atoms with Gasteiger partial charge in [-0.25, -0.2) is 0 Å². The molecular formula is C31H41O4+. The maximum absolute atomic E-state index is 13.5. The molecule has 3 rings (SSSR count). The zero-order valence-electron chi connectivity index (χ0n) is 22.7. The molecule has 188 valence electrons. The Kier molecular flexibility index (Phi) is 6.45. The Bertz CT molecular complexity index is 1120. The van der Waals surface area contributed by atoms with Gasteiger partial charge < -0.3 is 10.2 Å². The van der Waals surface area contributed by atoms with E-state index in [0.717, 1.165) is 17.6 Å². The number of ketones is 2. The first-order valence-electron chi connectivity index (χ1n) is 12.4. The third-order valence-corrected chi connectivity index (χ3v) is 8.08. The molecule has 1 fully saturated rings. The zero-order valence-corrected chi connectivity index (χ0v) is 22.7. The van der Waals surface area contributed by atoms with Gasteiger partial charge in [-0.05, 0) is 56.3 Å². The fraction of sp³-hybridized carbons (Fsp3) is 0.516. The second-order valence-electron chi connectivity index (χ2n) is 12.4. The van der Waals surface area contributed by atoms with Crippen LogP contribution >= 0.6 is 0 Å². The van der Waals surface area contributed by atoms with Crippen molar-refractivity contribution in [3.05, 3.63) is 77.8 Å². The quantitative estimate of drug-likeness (QED) is 0.475. The standard InChI is InChI=1S/C31H41O4/c1-10-31(9,35)25(33)29(7)17-12-14-22-23(19-29)30(8,20-26(22,2)3)21-13-11-16-28(6,18-15-21)24(32)27(4,5)34/h10-19,34-35H,20H2,1-9H3/q+1. The van der Waals surface area contributed by atoms with E-state index < -0.39 is 27.4 Å². The summed E-state index contributed by atoms with van der Waals surface area (Å²) in [5, 5.41) is 21.1. The lowest BCUT2D eigenvalue weighted by Crippen LogP contribution is -2.44. The second-order valence-corrected chi connectivity index (χ2v) is 12.4. The van der Waals surface area contributed by atoms with Gasteiger partial charge in [0, 0.05) is 12.3 Å². The molecule has 4 unspecified atom stereocenters. The van der Waals surface area contributed by atoms with E-state index in [1.165, 1.54) is 32.8 Å². The van der Waals surface area contributed by atoms with E-state index in [1.54, 1.807) is 6.92 Å². The van der Waals surface area contributed by atoms with Crippen LogP contribution in [0.4, 0.5) is 0 Å². The van der Waals surface area contributed by atoms with Crippen LogP contribution in [0, 0.1) is 28.1 Å². The smallest absolute Gasteiger partial charge is 0.261 e. The Balaban J connectivity index is 2.15. The summed E-state index contributed by atoms with van der Waals surface area (Å²) < 4.78 is 0. The molecule has 0 aliphatic heterocycles. The lowest BCUT2D eigenvalue weighted by atomic mass is 9.70. The molecular weight excluding hydrogens is 436 g/mol. The van der Waals surface area contributed by atoms with E-state index >= 15 is 0 Å². The second kappa shape index (κ2) is 8.31. The van der Waals surface area contributed by atoms with E-state index in [4.69, 9.17) is 0 Å². The molecule has 0 aromatic heterocycles. The molecule has 0 saturated heterocycles. The fourth-order valence-electron chi connectivity index (χ4n) is 5.96. The lowest BCUT2D eigenvalue weighted by Gasteiger charge is -2.32. The molecule has 3 aliphatic rings. The highest BCUT2D eigenvalue weighted by Crippen LogP contribution is 2.61. The number of rotatable bonds is 6. The lowest BCUT2D eigenvalue weighted by molar-refractivity contribution is -0.139. The summed E-state index contributed by atoms with van der Waals surface area (Å²) in [4.78, 5) is 26.5. The Labute approximate surface area is 210 Å². The van der Waals surface area contributed by atoms with Crippen molar-refractivity contribution in [1.29, 1.82) is 0 Å². The van der Waals surface area contributed by atoms with E-state index in [-0.39, 0.29) is 17.0 Å². The van der Waals surface area contributed by atoms with Crippen molar-refractivity contribution >= 4 is 11.6 Å². The monoisotopic (exact) mass is 477 g/mol. The minimum atomic E-state index is -1.55. The van der Waals surface area contributed by atoms with E-state index in [9.17, 15) is 19.8 Å². The van der Waals surface area contributed by atoms with Gasteiger partial charge in [-0.1, -0.05) is 75.5 Å². The van der Waals surface area contributed by atoms with Crippen LogP contribution in [0.2, 0.25) is 0 Å². The van der Waals surface area contributed by atoms with Crippen molar-refractivity contribution in [2.24, 2.45) is 21.7 Å². The van der Waals surface area contributed by atoms with Gasteiger partial charge in [-0.2, -0.15) is 0 Å². The predicted molar refractivity (Wildman–Crippen MR) is 141 cm³/mol. The molecule has 0 aromatic carbocycles. The number of fused-ring (bicyclic) bond motifs is 1. The van der Waals surface area contributed by atoms with Crippen molar-refractivity contribution in [2.75, 3.05) is 0 Å². The predicted octanol–water partition coefficient (Wildman–Crippen LogP) is 5.79. The van der Waals surface area contributed by atoms with Gasteiger partial charge in [0.1, 0.15) is 12.0 Å². The van der Waals surface area contributed by atoms with Crippen molar-refractivity contribution in [3.63, 3.8) is 0 Å². The molecule has 3 aliphatic carbocycles. The fourth-order valence-corrected chi connectivity index (χ4v) is 5.96. The van der Waals surface area contributed by atoms with Gasteiger partial charge in [-0.3, -0.25) is 9.59 Å². The zero-order chi connectivity index (χ0) is 26.7. The maximum Gasteiger partial charge on any atom is 0.261 e. The highest BCUT2D eigenvalue weighted by Gasteiger charge is 2.53. The molecule has 0 heterocycles. The highest BCUT2D eigenvalue weighted by molar-refractivity contribution is 5.97. The van der Waals surface area contributed by atoms with Crippen molar-refractivity contribution < 1.29 is 19.8 Å². The molecule has 4 heteroatoms. The van der Waals surface area contributed by atoms with E-state index in [2.05, 4.69) is 26.8 Å². The summed E-state index contributed by atoms with van der Waals surface area (Å²) in [6.07, 6.45) is 19.9. The largest absolute Gasteiger partial charge is 0.383 e.